The molecule has 0 amide bonds. The standard InChI is InChI=1S/C36H36ClN5O5S2/c1-21-34(35-27-17-31(36(45)47-5)42(13-12-33(44)46-4)30(27)11-10-28(35)37)29(39-40(21)2)20-48-18-23-15-24(41(3)38-23)19-49-25-14-22-8-6-7-9-26(22)32(43)16-25/h6-11,14-17,43H,12-13,18-20H2,1-5H3. The van der Waals surface area contributed by atoms with Crippen molar-refractivity contribution in [1.29, 1.82) is 0 Å². The van der Waals surface area contributed by atoms with Crippen molar-refractivity contribution in [1.82, 2.24) is 24.1 Å². The summed E-state index contributed by atoms with van der Waals surface area (Å²) in [5.74, 6) is 1.39. The summed E-state index contributed by atoms with van der Waals surface area (Å²) in [6, 6.07) is 19.3. The minimum atomic E-state index is -0.509. The highest BCUT2D eigenvalue weighted by molar-refractivity contribution is 7.98. The van der Waals surface area contributed by atoms with E-state index in [0.29, 0.717) is 28.0 Å². The van der Waals surface area contributed by atoms with Gasteiger partial charge in [-0.25, -0.2) is 4.79 Å². The van der Waals surface area contributed by atoms with E-state index in [2.05, 4.69) is 12.1 Å². The lowest BCUT2D eigenvalue weighted by atomic mass is 9.99. The third kappa shape index (κ3) is 7.03. The Morgan fingerprint density at radius 2 is 1.69 bits per heavy atom. The van der Waals surface area contributed by atoms with Crippen LogP contribution in [-0.4, -0.2) is 55.4 Å². The number of carbonyl (C=O) groups is 2. The molecular weight excluding hydrogens is 682 g/mol. The maximum Gasteiger partial charge on any atom is 0.354 e. The maximum atomic E-state index is 12.8. The zero-order chi connectivity index (χ0) is 34.8. The van der Waals surface area contributed by atoms with E-state index in [1.165, 1.54) is 14.2 Å². The molecule has 0 unspecified atom stereocenters. The van der Waals surface area contributed by atoms with E-state index < -0.39 is 5.97 Å². The largest absolute Gasteiger partial charge is 0.507 e. The molecule has 49 heavy (non-hydrogen) atoms. The number of aromatic nitrogens is 5. The van der Waals surface area contributed by atoms with E-state index in [1.807, 2.05) is 72.8 Å². The highest BCUT2D eigenvalue weighted by Crippen LogP contribution is 2.41. The summed E-state index contributed by atoms with van der Waals surface area (Å²) in [6.07, 6.45) is 0.0942. The Hall–Kier alpha value is -4.39. The van der Waals surface area contributed by atoms with Crippen molar-refractivity contribution in [2.45, 2.75) is 42.0 Å². The summed E-state index contributed by atoms with van der Waals surface area (Å²) in [5.41, 5.74) is 6.60. The molecule has 0 aliphatic rings. The van der Waals surface area contributed by atoms with Crippen LogP contribution in [0, 0.1) is 6.92 Å². The van der Waals surface area contributed by atoms with Crippen molar-refractivity contribution >= 4 is 68.7 Å². The maximum absolute atomic E-state index is 12.8. The Labute approximate surface area is 297 Å². The van der Waals surface area contributed by atoms with E-state index >= 15 is 0 Å². The zero-order valence-corrected chi connectivity index (χ0v) is 30.2. The first-order chi connectivity index (χ1) is 23.6. The SMILES string of the molecule is COC(=O)CCn1c(C(=O)OC)cc2c(-c3c(CSCc4cc(CSc5cc(O)c6ccccc6c5)n(C)n4)nn(C)c3C)c(Cl)ccc21. The highest BCUT2D eigenvalue weighted by atomic mass is 35.5. The van der Waals surface area contributed by atoms with Crippen LogP contribution in [0.25, 0.3) is 32.8 Å². The number of aryl methyl sites for hydroxylation is 3. The third-order valence-corrected chi connectivity index (χ3v) is 10.9. The van der Waals surface area contributed by atoms with Crippen molar-refractivity contribution in [3.8, 4) is 16.9 Å². The fourth-order valence-corrected chi connectivity index (χ4v) is 8.12. The lowest BCUT2D eigenvalue weighted by molar-refractivity contribution is -0.140. The van der Waals surface area contributed by atoms with Crippen LogP contribution in [0.1, 0.15) is 39.7 Å². The van der Waals surface area contributed by atoms with E-state index in [1.54, 1.807) is 34.2 Å². The van der Waals surface area contributed by atoms with Crippen LogP contribution in [-0.2, 0) is 52.2 Å². The zero-order valence-electron chi connectivity index (χ0n) is 27.8. The molecule has 10 nitrogen and oxygen atoms in total. The number of rotatable bonds is 12. The van der Waals surface area contributed by atoms with Gasteiger partial charge in [0, 0.05) is 86.6 Å². The van der Waals surface area contributed by atoms with Crippen molar-refractivity contribution in [3.63, 3.8) is 0 Å². The van der Waals surface area contributed by atoms with Gasteiger partial charge >= 0.3 is 11.9 Å². The summed E-state index contributed by atoms with van der Waals surface area (Å²) in [6.45, 7) is 2.24. The quantitative estimate of drug-likeness (QED) is 0.101. The Bertz CT molecular complexity index is 2210. The van der Waals surface area contributed by atoms with Gasteiger partial charge in [0.25, 0.3) is 0 Å². The molecule has 13 heteroatoms. The Morgan fingerprint density at radius 3 is 2.47 bits per heavy atom. The number of thioether (sulfide) groups is 2. The van der Waals surface area contributed by atoms with Crippen LogP contribution in [0.15, 0.2) is 65.6 Å². The van der Waals surface area contributed by atoms with E-state index in [4.69, 9.17) is 31.3 Å². The molecule has 3 aromatic carbocycles. The average Bonchev–Trinajstić information content (AvgIpc) is 3.74. The average molecular weight is 718 g/mol. The molecule has 0 spiro atoms. The van der Waals surface area contributed by atoms with Gasteiger partial charge in [-0.15, -0.1) is 23.5 Å². The Morgan fingerprint density at radius 1 is 0.898 bits per heavy atom. The van der Waals surface area contributed by atoms with Crippen molar-refractivity contribution in [3.05, 3.63) is 94.2 Å². The highest BCUT2D eigenvalue weighted by Gasteiger charge is 2.25. The first-order valence-corrected chi connectivity index (χ1v) is 18.0. The second-order valence-electron chi connectivity index (χ2n) is 11.6. The molecule has 0 saturated heterocycles. The Balaban J connectivity index is 1.22. The first kappa shape index (κ1) is 34.5. The second-order valence-corrected chi connectivity index (χ2v) is 14.0. The number of carbonyl (C=O) groups excluding carboxylic acids is 2. The van der Waals surface area contributed by atoms with Crippen LogP contribution in [0.3, 0.4) is 0 Å². The van der Waals surface area contributed by atoms with Gasteiger partial charge in [0.15, 0.2) is 0 Å². The fourth-order valence-electron chi connectivity index (χ4n) is 6.02. The van der Waals surface area contributed by atoms with Crippen LogP contribution in [0.4, 0.5) is 0 Å². The molecule has 0 saturated carbocycles. The van der Waals surface area contributed by atoms with Gasteiger partial charge in [0.05, 0.1) is 32.0 Å². The predicted octanol–water partition coefficient (Wildman–Crippen LogP) is 7.67. The lowest BCUT2D eigenvalue weighted by Crippen LogP contribution is -2.13. The van der Waals surface area contributed by atoms with Crippen LogP contribution in [0.2, 0.25) is 5.02 Å². The van der Waals surface area contributed by atoms with Crippen LogP contribution in [0.5, 0.6) is 5.75 Å². The van der Waals surface area contributed by atoms with Gasteiger partial charge in [-0.1, -0.05) is 35.9 Å². The molecule has 0 aliphatic carbocycles. The number of hydrogen-bond donors (Lipinski definition) is 1. The number of phenolic OH excluding ortho intramolecular Hbond substituents is 1. The summed E-state index contributed by atoms with van der Waals surface area (Å²) in [7, 11) is 6.52. The number of hydrogen-bond acceptors (Lipinski definition) is 9. The van der Waals surface area contributed by atoms with Crippen molar-refractivity contribution in [2.24, 2.45) is 14.1 Å². The summed E-state index contributed by atoms with van der Waals surface area (Å²) < 4.78 is 15.4. The lowest BCUT2D eigenvalue weighted by Gasteiger charge is -2.11. The van der Waals surface area contributed by atoms with Gasteiger partial charge in [0.2, 0.25) is 0 Å². The minimum absolute atomic E-state index is 0.0942. The number of benzene rings is 3. The molecule has 3 aromatic heterocycles. The summed E-state index contributed by atoms with van der Waals surface area (Å²) >= 11 is 10.3. The van der Waals surface area contributed by atoms with Crippen LogP contribution >= 0.6 is 35.1 Å². The Kier molecular flexibility index (Phi) is 10.3. The number of esters is 2. The molecule has 0 atom stereocenters. The molecule has 6 rings (SSSR count). The molecule has 254 valence electrons. The van der Waals surface area contributed by atoms with Crippen molar-refractivity contribution in [2.75, 3.05) is 14.2 Å². The number of methoxy groups -OCH3 is 2. The third-order valence-electron chi connectivity index (χ3n) is 8.57. The number of halogens is 1. The minimum Gasteiger partial charge on any atom is -0.507 e. The van der Waals surface area contributed by atoms with E-state index in [0.717, 1.165) is 60.5 Å². The van der Waals surface area contributed by atoms with Crippen LogP contribution < -0.4 is 0 Å². The summed E-state index contributed by atoms with van der Waals surface area (Å²) in [5, 5.41) is 23.3. The number of aromatic hydroxyl groups is 1. The van der Waals surface area contributed by atoms with Crippen molar-refractivity contribution < 1.29 is 24.2 Å². The molecule has 0 fully saturated rings. The number of fused-ring (bicyclic) bond motifs is 2. The normalized spacial score (nSPS) is 11.5. The number of phenols is 1. The second kappa shape index (κ2) is 14.6. The topological polar surface area (TPSA) is 113 Å². The van der Waals surface area contributed by atoms with Gasteiger partial charge in [-0.2, -0.15) is 10.2 Å². The van der Waals surface area contributed by atoms with Gasteiger partial charge < -0.3 is 19.1 Å². The smallest absolute Gasteiger partial charge is 0.354 e. The van der Waals surface area contributed by atoms with E-state index in [-0.39, 0.29) is 24.7 Å². The molecule has 1 N–H and O–H groups in total. The van der Waals surface area contributed by atoms with Gasteiger partial charge in [0.1, 0.15) is 11.4 Å². The predicted molar refractivity (Wildman–Crippen MR) is 195 cm³/mol. The first-order valence-electron chi connectivity index (χ1n) is 15.5. The fraction of sp³-hybridized carbons (Fsp3) is 0.278. The molecule has 3 heterocycles. The van der Waals surface area contributed by atoms with E-state index in [9.17, 15) is 14.7 Å². The monoisotopic (exact) mass is 717 g/mol. The molecular formula is C36H36ClN5O5S2. The number of ether oxygens (including phenoxy) is 2. The number of nitrogens with zero attached hydrogens (tertiary/aromatic N) is 5. The summed E-state index contributed by atoms with van der Waals surface area (Å²) in [4.78, 5) is 25.8. The molecule has 0 aliphatic heterocycles. The van der Waals surface area contributed by atoms with Gasteiger partial charge in [-0.05, 0) is 48.7 Å². The van der Waals surface area contributed by atoms with Gasteiger partial charge in [-0.3, -0.25) is 14.2 Å². The molecule has 0 bridgehead atoms. The molecule has 0 radical (unpaired) electrons. The molecule has 6 aromatic rings.